The molecular formula is C17H25NO2. The van der Waals surface area contributed by atoms with Crippen LogP contribution in [0, 0.1) is 12.8 Å². The van der Waals surface area contributed by atoms with Gasteiger partial charge >= 0.3 is 0 Å². The van der Waals surface area contributed by atoms with Crippen molar-refractivity contribution in [2.45, 2.75) is 46.6 Å². The van der Waals surface area contributed by atoms with Gasteiger partial charge in [-0.3, -0.25) is 9.59 Å². The molecule has 0 aromatic heterocycles. The first-order chi connectivity index (χ1) is 9.42. The molecule has 1 aromatic rings. The van der Waals surface area contributed by atoms with Gasteiger partial charge in [-0.2, -0.15) is 0 Å². The molecule has 0 fully saturated rings. The van der Waals surface area contributed by atoms with Crippen molar-refractivity contribution in [3.63, 3.8) is 0 Å². The van der Waals surface area contributed by atoms with E-state index in [0.717, 1.165) is 18.4 Å². The number of ketones is 1. The second-order valence-corrected chi connectivity index (χ2v) is 5.37. The van der Waals surface area contributed by atoms with Gasteiger partial charge in [0, 0.05) is 18.5 Å². The van der Waals surface area contributed by atoms with E-state index < -0.39 is 6.04 Å². The molecule has 20 heavy (non-hydrogen) atoms. The maximum Gasteiger partial charge on any atom is 0.226 e. The molecule has 0 N–H and O–H groups in total. The number of hydrogen-bond acceptors (Lipinski definition) is 2. The third-order valence-electron chi connectivity index (χ3n) is 3.98. The van der Waals surface area contributed by atoms with Gasteiger partial charge in [0.1, 0.15) is 0 Å². The number of carbonyl (C=O) groups is 2. The van der Waals surface area contributed by atoms with Crippen LogP contribution in [0.1, 0.15) is 49.5 Å². The van der Waals surface area contributed by atoms with E-state index in [0.29, 0.717) is 5.56 Å². The Labute approximate surface area is 122 Å². The second-order valence-electron chi connectivity index (χ2n) is 5.37. The summed E-state index contributed by atoms with van der Waals surface area (Å²) < 4.78 is 0. The Bertz CT molecular complexity index is 460. The summed E-state index contributed by atoms with van der Waals surface area (Å²) in [5.41, 5.74) is 1.78. The minimum absolute atomic E-state index is 0.00759. The van der Waals surface area contributed by atoms with Crippen LogP contribution in [0.3, 0.4) is 0 Å². The van der Waals surface area contributed by atoms with Gasteiger partial charge in [-0.25, -0.2) is 0 Å². The Balaban J connectivity index is 2.83. The molecule has 0 aliphatic heterocycles. The fourth-order valence-corrected chi connectivity index (χ4v) is 2.25. The predicted octanol–water partition coefficient (Wildman–Crippen LogP) is 3.46. The van der Waals surface area contributed by atoms with Crippen LogP contribution in [0.2, 0.25) is 0 Å². The van der Waals surface area contributed by atoms with Gasteiger partial charge in [0.25, 0.3) is 0 Å². The predicted molar refractivity (Wildman–Crippen MR) is 81.8 cm³/mol. The van der Waals surface area contributed by atoms with Crippen molar-refractivity contribution in [3.05, 3.63) is 35.4 Å². The molecule has 0 spiro atoms. The van der Waals surface area contributed by atoms with E-state index in [1.165, 1.54) is 0 Å². The molecule has 0 aliphatic carbocycles. The Morgan fingerprint density at radius 2 is 1.60 bits per heavy atom. The number of aryl methyl sites for hydroxylation is 1. The van der Waals surface area contributed by atoms with Crippen LogP contribution in [0.5, 0.6) is 0 Å². The van der Waals surface area contributed by atoms with Crippen LogP contribution in [0.4, 0.5) is 0 Å². The molecular weight excluding hydrogens is 250 g/mol. The Kier molecular flexibility index (Phi) is 5.93. The van der Waals surface area contributed by atoms with E-state index in [9.17, 15) is 9.59 Å². The molecule has 0 saturated carbocycles. The lowest BCUT2D eigenvalue weighted by atomic mass is 9.99. The highest BCUT2D eigenvalue weighted by Crippen LogP contribution is 2.15. The van der Waals surface area contributed by atoms with E-state index in [-0.39, 0.29) is 17.6 Å². The first-order valence-electron chi connectivity index (χ1n) is 7.29. The van der Waals surface area contributed by atoms with E-state index in [4.69, 9.17) is 0 Å². The molecule has 1 aromatic carbocycles. The minimum atomic E-state index is -0.425. The smallest absolute Gasteiger partial charge is 0.226 e. The van der Waals surface area contributed by atoms with E-state index in [1.807, 2.05) is 45.0 Å². The second kappa shape index (κ2) is 7.22. The van der Waals surface area contributed by atoms with Gasteiger partial charge in [-0.15, -0.1) is 0 Å². The molecule has 0 heterocycles. The summed E-state index contributed by atoms with van der Waals surface area (Å²) >= 11 is 0. The highest BCUT2D eigenvalue weighted by Gasteiger charge is 2.26. The Hall–Kier alpha value is -1.64. The Morgan fingerprint density at radius 1 is 1.10 bits per heavy atom. The van der Waals surface area contributed by atoms with Crippen molar-refractivity contribution in [1.29, 1.82) is 0 Å². The van der Waals surface area contributed by atoms with Crippen molar-refractivity contribution in [2.24, 2.45) is 5.92 Å². The first-order valence-corrected chi connectivity index (χ1v) is 7.29. The van der Waals surface area contributed by atoms with Crippen LogP contribution in [-0.4, -0.2) is 29.7 Å². The largest absolute Gasteiger partial charge is 0.335 e. The van der Waals surface area contributed by atoms with E-state index in [2.05, 4.69) is 0 Å². The lowest BCUT2D eigenvalue weighted by molar-refractivity contribution is -0.135. The normalized spacial score (nSPS) is 12.3. The lowest BCUT2D eigenvalue weighted by Crippen LogP contribution is -2.43. The van der Waals surface area contributed by atoms with Crippen LogP contribution < -0.4 is 0 Å². The van der Waals surface area contributed by atoms with Crippen molar-refractivity contribution >= 4 is 11.7 Å². The number of carbonyl (C=O) groups excluding carboxylic acids is 2. The molecule has 1 amide bonds. The summed E-state index contributed by atoms with van der Waals surface area (Å²) in [5, 5.41) is 0. The third-order valence-corrected chi connectivity index (χ3v) is 3.98. The molecule has 0 aliphatic rings. The van der Waals surface area contributed by atoms with Crippen molar-refractivity contribution < 1.29 is 9.59 Å². The summed E-state index contributed by atoms with van der Waals surface area (Å²) in [4.78, 5) is 26.3. The molecule has 3 nitrogen and oxygen atoms in total. The van der Waals surface area contributed by atoms with Crippen LogP contribution in [0.25, 0.3) is 0 Å². The van der Waals surface area contributed by atoms with E-state index in [1.54, 1.807) is 18.9 Å². The van der Waals surface area contributed by atoms with E-state index >= 15 is 0 Å². The fourth-order valence-electron chi connectivity index (χ4n) is 2.25. The standard InChI is InChI=1S/C17H25NO2/c1-6-14(7-2)17(20)18(5)13(4)16(19)15-10-8-12(3)9-11-15/h8-11,13-14H,6-7H2,1-5H3. The van der Waals surface area contributed by atoms with Crippen LogP contribution in [0.15, 0.2) is 24.3 Å². The van der Waals surface area contributed by atoms with Crippen molar-refractivity contribution in [1.82, 2.24) is 4.90 Å². The van der Waals surface area contributed by atoms with Crippen LogP contribution >= 0.6 is 0 Å². The number of nitrogens with zero attached hydrogens (tertiary/aromatic N) is 1. The zero-order valence-corrected chi connectivity index (χ0v) is 13.1. The summed E-state index contributed by atoms with van der Waals surface area (Å²) in [6.07, 6.45) is 1.62. The molecule has 0 radical (unpaired) electrons. The number of likely N-dealkylation sites (N-methyl/N-ethyl adjacent to an activating group) is 1. The monoisotopic (exact) mass is 275 g/mol. The number of Topliss-reactive ketones (excluding diaryl/α,β-unsaturated/α-hetero) is 1. The van der Waals surface area contributed by atoms with Crippen molar-refractivity contribution in [3.8, 4) is 0 Å². The zero-order valence-electron chi connectivity index (χ0n) is 13.1. The van der Waals surface area contributed by atoms with Gasteiger partial charge < -0.3 is 4.90 Å². The minimum Gasteiger partial charge on any atom is -0.335 e. The average Bonchev–Trinajstić information content (AvgIpc) is 2.46. The quantitative estimate of drug-likeness (QED) is 0.746. The van der Waals surface area contributed by atoms with Crippen LogP contribution in [-0.2, 0) is 4.79 Å². The molecule has 1 atom stereocenters. The SMILES string of the molecule is CCC(CC)C(=O)N(C)C(C)C(=O)c1ccc(C)cc1. The number of hydrogen-bond donors (Lipinski definition) is 0. The highest BCUT2D eigenvalue weighted by atomic mass is 16.2. The Morgan fingerprint density at radius 3 is 2.05 bits per heavy atom. The number of amides is 1. The molecule has 110 valence electrons. The highest BCUT2D eigenvalue weighted by molar-refractivity contribution is 6.01. The lowest BCUT2D eigenvalue weighted by Gasteiger charge is -2.27. The topological polar surface area (TPSA) is 37.4 Å². The third kappa shape index (κ3) is 3.69. The summed E-state index contributed by atoms with van der Waals surface area (Å²) in [5.74, 6) is 0.0584. The molecule has 1 rings (SSSR count). The molecule has 1 unspecified atom stereocenters. The maximum atomic E-state index is 12.4. The number of benzene rings is 1. The van der Waals surface area contributed by atoms with Gasteiger partial charge in [0.15, 0.2) is 5.78 Å². The average molecular weight is 275 g/mol. The first kappa shape index (κ1) is 16.4. The molecule has 0 bridgehead atoms. The summed E-state index contributed by atoms with van der Waals surface area (Å²) in [7, 11) is 1.72. The molecule has 3 heteroatoms. The zero-order chi connectivity index (χ0) is 15.3. The number of rotatable bonds is 6. The van der Waals surface area contributed by atoms with Crippen molar-refractivity contribution in [2.75, 3.05) is 7.05 Å². The summed E-state index contributed by atoms with van der Waals surface area (Å²) in [6.45, 7) is 7.79. The fraction of sp³-hybridized carbons (Fsp3) is 0.529. The maximum absolute atomic E-state index is 12.4. The molecule has 0 saturated heterocycles. The van der Waals surface area contributed by atoms with Gasteiger partial charge in [0.05, 0.1) is 6.04 Å². The summed E-state index contributed by atoms with van der Waals surface area (Å²) in [6, 6.07) is 7.06. The van der Waals surface area contributed by atoms with Gasteiger partial charge in [-0.05, 0) is 26.7 Å². The van der Waals surface area contributed by atoms with Gasteiger partial charge in [-0.1, -0.05) is 43.7 Å². The van der Waals surface area contributed by atoms with Gasteiger partial charge in [0.2, 0.25) is 5.91 Å².